The Bertz CT molecular complexity index is 2050. The lowest BCUT2D eigenvalue weighted by molar-refractivity contribution is 1.32. The second-order valence-electron chi connectivity index (χ2n) is 8.18. The van der Waals surface area contributed by atoms with E-state index in [9.17, 15) is 0 Å². The van der Waals surface area contributed by atoms with Crippen LogP contribution in [-0.2, 0) is 0 Å². The van der Waals surface area contributed by atoms with Gasteiger partial charge >= 0.3 is 0 Å². The molecular weight excluding hydrogens is 404 g/mol. The van der Waals surface area contributed by atoms with Gasteiger partial charge in [0.05, 0.1) is 24.2 Å². The maximum atomic E-state index is 7.69. The number of hydrogen-bond acceptors (Lipinski definition) is 1. The molecule has 5 aromatic carbocycles. The quantitative estimate of drug-likeness (QED) is 0.180. The predicted molar refractivity (Wildman–Crippen MR) is 135 cm³/mol. The Balaban J connectivity index is 1.96. The number of rotatable bonds is 0. The molecule has 0 unspecified atom stereocenters. The van der Waals surface area contributed by atoms with Crippen LogP contribution in [0.25, 0.3) is 69.6 Å². The van der Waals surface area contributed by atoms with E-state index in [0.717, 1.165) is 49.1 Å². The van der Waals surface area contributed by atoms with E-state index in [1.807, 2.05) is 30.3 Å². The van der Waals surface area contributed by atoms with Crippen LogP contribution in [-0.4, -0.2) is 9.38 Å². The molecule has 0 fully saturated rings. The zero-order valence-electron chi connectivity index (χ0n) is 17.4. The van der Waals surface area contributed by atoms with Crippen LogP contribution in [0.1, 0.15) is 0 Å². The number of imidazole rings is 1. The number of nitrogens with zero attached hydrogens (tertiary/aromatic N) is 4. The van der Waals surface area contributed by atoms with E-state index >= 15 is 0 Å². The maximum Gasteiger partial charge on any atom is 0.196 e. The topological polar surface area (TPSA) is 26.0 Å². The number of aromatic nitrogens is 2. The SMILES string of the molecule is [C-]#[N+]c1cc2c3c4ccccc4c4ccccc4c3c3nc4ccccc4n3c2cc1[N+]#[C-]. The largest absolute Gasteiger partial charge is 0.293 e. The minimum Gasteiger partial charge on any atom is -0.293 e. The molecule has 33 heavy (non-hydrogen) atoms. The van der Waals surface area contributed by atoms with Crippen LogP contribution in [0.2, 0.25) is 0 Å². The normalized spacial score (nSPS) is 11.6. The van der Waals surface area contributed by atoms with Gasteiger partial charge in [0.2, 0.25) is 0 Å². The van der Waals surface area contributed by atoms with Crippen LogP contribution in [0.4, 0.5) is 11.4 Å². The van der Waals surface area contributed by atoms with Crippen molar-refractivity contribution < 1.29 is 0 Å². The van der Waals surface area contributed by atoms with Crippen LogP contribution < -0.4 is 0 Å². The van der Waals surface area contributed by atoms with E-state index in [4.69, 9.17) is 18.1 Å². The molecule has 0 spiro atoms. The van der Waals surface area contributed by atoms with Crippen LogP contribution >= 0.6 is 0 Å². The fraction of sp³-hybridized carbons (Fsp3) is 0. The van der Waals surface area contributed by atoms with Crippen molar-refractivity contribution in [2.24, 2.45) is 0 Å². The Morgan fingerprint density at radius 3 is 1.85 bits per heavy atom. The highest BCUT2D eigenvalue weighted by atomic mass is 15.0. The van der Waals surface area contributed by atoms with Crippen LogP contribution in [0, 0.1) is 13.1 Å². The first-order chi connectivity index (χ1) is 16.3. The number of benzene rings is 5. The molecule has 0 bridgehead atoms. The smallest absolute Gasteiger partial charge is 0.196 e. The molecular formula is C29H14N4. The number of pyridine rings is 1. The lowest BCUT2D eigenvalue weighted by Gasteiger charge is -2.16. The molecule has 0 aliphatic carbocycles. The van der Waals surface area contributed by atoms with Crippen molar-refractivity contribution in [1.29, 1.82) is 0 Å². The molecule has 0 aliphatic rings. The van der Waals surface area contributed by atoms with E-state index in [0.29, 0.717) is 11.4 Å². The van der Waals surface area contributed by atoms with Crippen LogP contribution in [0.5, 0.6) is 0 Å². The Morgan fingerprint density at radius 2 is 1.15 bits per heavy atom. The summed E-state index contributed by atoms with van der Waals surface area (Å²) in [5, 5.41) is 7.70. The summed E-state index contributed by atoms with van der Waals surface area (Å²) in [5.41, 5.74) is 4.39. The lowest BCUT2D eigenvalue weighted by atomic mass is 9.92. The molecule has 0 saturated carbocycles. The average molecular weight is 418 g/mol. The van der Waals surface area contributed by atoms with Gasteiger partial charge in [-0.05, 0) is 45.1 Å². The zero-order valence-corrected chi connectivity index (χ0v) is 17.4. The monoisotopic (exact) mass is 418 g/mol. The summed E-state index contributed by atoms with van der Waals surface area (Å²) in [6.07, 6.45) is 0. The second kappa shape index (κ2) is 6.29. The molecule has 2 heterocycles. The van der Waals surface area contributed by atoms with Crippen LogP contribution in [0.3, 0.4) is 0 Å². The summed E-state index contributed by atoms with van der Waals surface area (Å²) in [5.74, 6) is 0. The maximum absolute atomic E-state index is 7.69. The first kappa shape index (κ1) is 17.7. The van der Waals surface area contributed by atoms with Gasteiger partial charge in [-0.1, -0.05) is 66.7 Å². The molecule has 7 rings (SSSR count). The van der Waals surface area contributed by atoms with E-state index in [1.54, 1.807) is 0 Å². The Labute approximate surface area is 188 Å². The van der Waals surface area contributed by atoms with E-state index in [1.165, 1.54) is 10.8 Å². The zero-order chi connectivity index (χ0) is 22.1. The number of hydrogen-bond donors (Lipinski definition) is 0. The second-order valence-corrected chi connectivity index (χ2v) is 8.18. The van der Waals surface area contributed by atoms with Gasteiger partial charge in [-0.2, -0.15) is 0 Å². The molecule has 0 amide bonds. The van der Waals surface area contributed by atoms with Gasteiger partial charge in [-0.25, -0.2) is 4.98 Å². The van der Waals surface area contributed by atoms with Crippen molar-refractivity contribution in [1.82, 2.24) is 9.38 Å². The summed E-state index contributed by atoms with van der Waals surface area (Å²) < 4.78 is 2.15. The predicted octanol–water partition coefficient (Wildman–Crippen LogP) is 8.20. The molecule has 0 radical (unpaired) electrons. The summed E-state index contributed by atoms with van der Waals surface area (Å²) in [6.45, 7) is 15.3. The van der Waals surface area contributed by atoms with Gasteiger partial charge in [0.15, 0.2) is 11.4 Å². The first-order valence-electron chi connectivity index (χ1n) is 10.6. The minimum absolute atomic E-state index is 0.362. The summed E-state index contributed by atoms with van der Waals surface area (Å²) in [7, 11) is 0. The lowest BCUT2D eigenvalue weighted by Crippen LogP contribution is -1.94. The van der Waals surface area contributed by atoms with Gasteiger partial charge in [-0.3, -0.25) is 14.1 Å². The van der Waals surface area contributed by atoms with Gasteiger partial charge in [-0.15, -0.1) is 0 Å². The van der Waals surface area contributed by atoms with E-state index in [-0.39, 0.29) is 0 Å². The van der Waals surface area contributed by atoms with E-state index in [2.05, 4.69) is 68.7 Å². The van der Waals surface area contributed by atoms with Gasteiger partial charge in [0.25, 0.3) is 0 Å². The molecule has 0 atom stereocenters. The summed E-state index contributed by atoms with van der Waals surface area (Å²) >= 11 is 0. The van der Waals surface area contributed by atoms with Crippen molar-refractivity contribution in [2.75, 3.05) is 0 Å². The Kier molecular flexibility index (Phi) is 3.38. The highest BCUT2D eigenvalue weighted by Crippen LogP contribution is 2.44. The molecule has 0 N–H and O–H groups in total. The number of fused-ring (bicyclic) bond motifs is 13. The Hall–Kier alpha value is -4.93. The molecule has 0 saturated heterocycles. The third-order valence-corrected chi connectivity index (χ3v) is 6.56. The summed E-state index contributed by atoms with van der Waals surface area (Å²) in [4.78, 5) is 12.4. The summed E-state index contributed by atoms with van der Waals surface area (Å²) in [6, 6.07) is 28.7. The van der Waals surface area contributed by atoms with Crippen molar-refractivity contribution in [3.8, 4) is 0 Å². The Morgan fingerprint density at radius 1 is 0.576 bits per heavy atom. The average Bonchev–Trinajstić information content (AvgIpc) is 3.27. The molecule has 4 heteroatoms. The fourth-order valence-corrected chi connectivity index (χ4v) is 5.22. The van der Waals surface area contributed by atoms with Crippen molar-refractivity contribution >= 4 is 71.3 Å². The van der Waals surface area contributed by atoms with Crippen molar-refractivity contribution in [2.45, 2.75) is 0 Å². The minimum atomic E-state index is 0.362. The van der Waals surface area contributed by atoms with Gasteiger partial charge in [0.1, 0.15) is 5.65 Å². The standard InChI is InChI=1S/C29H14N4/c1-30-23-15-21-26(16-24(23)31-2)33-25-14-8-7-13-22(25)32-29(33)28-20-12-6-4-10-18(20)17-9-3-5-11-19(17)27(21)28/h3-16H. The molecule has 4 nitrogen and oxygen atoms in total. The first-order valence-corrected chi connectivity index (χ1v) is 10.6. The van der Waals surface area contributed by atoms with Gasteiger partial charge < -0.3 is 0 Å². The fourth-order valence-electron chi connectivity index (χ4n) is 5.22. The van der Waals surface area contributed by atoms with Crippen LogP contribution in [0.15, 0.2) is 84.9 Å². The third-order valence-electron chi connectivity index (χ3n) is 6.56. The van der Waals surface area contributed by atoms with E-state index < -0.39 is 0 Å². The highest BCUT2D eigenvalue weighted by Gasteiger charge is 2.20. The van der Waals surface area contributed by atoms with Crippen molar-refractivity contribution in [3.63, 3.8) is 0 Å². The molecule has 150 valence electrons. The van der Waals surface area contributed by atoms with Gasteiger partial charge in [0, 0.05) is 16.3 Å². The molecule has 2 aromatic heterocycles. The number of para-hydroxylation sites is 2. The van der Waals surface area contributed by atoms with Crippen molar-refractivity contribution in [3.05, 3.63) is 108 Å². The highest BCUT2D eigenvalue weighted by molar-refractivity contribution is 6.35. The molecule has 0 aliphatic heterocycles. The molecule has 7 aromatic rings. The third kappa shape index (κ3) is 2.19.